The van der Waals surface area contributed by atoms with Crippen LogP contribution < -0.4 is 0 Å². The van der Waals surface area contributed by atoms with E-state index in [2.05, 4.69) is 4.99 Å². The maximum Gasteiger partial charge on any atom is 0.392 e. The van der Waals surface area contributed by atoms with Crippen LogP contribution in [0.5, 0.6) is 0 Å². The Morgan fingerprint density at radius 1 is 1.50 bits per heavy atom. The Labute approximate surface area is 71.6 Å². The zero-order valence-electron chi connectivity index (χ0n) is 7.75. The summed E-state index contributed by atoms with van der Waals surface area (Å²) < 4.78 is 10.3. The SMILES string of the molecule is CC(C)OC1=NC(=O)C(C)(C)O1. The number of rotatable bonds is 1. The van der Waals surface area contributed by atoms with Crippen molar-refractivity contribution < 1.29 is 14.3 Å². The van der Waals surface area contributed by atoms with Crippen molar-refractivity contribution in [2.24, 2.45) is 4.99 Å². The van der Waals surface area contributed by atoms with Crippen molar-refractivity contribution in [1.29, 1.82) is 0 Å². The molecule has 0 spiro atoms. The van der Waals surface area contributed by atoms with Crippen LogP contribution in [0.3, 0.4) is 0 Å². The maximum absolute atomic E-state index is 11.1. The van der Waals surface area contributed by atoms with E-state index in [0.29, 0.717) is 0 Å². The summed E-state index contributed by atoms with van der Waals surface area (Å²) in [5.74, 6) is -0.293. The Morgan fingerprint density at radius 3 is 2.42 bits per heavy atom. The number of hydrogen-bond acceptors (Lipinski definition) is 3. The van der Waals surface area contributed by atoms with E-state index >= 15 is 0 Å². The maximum atomic E-state index is 11.1. The van der Waals surface area contributed by atoms with Crippen molar-refractivity contribution in [1.82, 2.24) is 0 Å². The molecule has 4 heteroatoms. The molecule has 0 aromatic carbocycles. The lowest BCUT2D eigenvalue weighted by molar-refractivity contribution is -0.128. The van der Waals surface area contributed by atoms with Crippen LogP contribution in [0.25, 0.3) is 0 Å². The predicted molar refractivity (Wildman–Crippen MR) is 43.8 cm³/mol. The third-order valence-corrected chi connectivity index (χ3v) is 1.39. The van der Waals surface area contributed by atoms with Crippen LogP contribution >= 0.6 is 0 Å². The molecule has 0 bridgehead atoms. The average Bonchev–Trinajstić information content (AvgIpc) is 2.04. The first kappa shape index (κ1) is 9.03. The molecule has 1 amide bonds. The van der Waals surface area contributed by atoms with Crippen LogP contribution in [-0.2, 0) is 14.3 Å². The zero-order chi connectivity index (χ0) is 9.35. The van der Waals surface area contributed by atoms with Crippen molar-refractivity contribution >= 4 is 12.0 Å². The van der Waals surface area contributed by atoms with Crippen LogP contribution in [0.15, 0.2) is 4.99 Å². The monoisotopic (exact) mass is 171 g/mol. The first-order valence-electron chi connectivity index (χ1n) is 3.90. The topological polar surface area (TPSA) is 47.9 Å². The number of amides is 1. The highest BCUT2D eigenvalue weighted by molar-refractivity contribution is 5.98. The Balaban J connectivity index is 2.62. The van der Waals surface area contributed by atoms with E-state index in [-0.39, 0.29) is 18.1 Å². The van der Waals surface area contributed by atoms with Gasteiger partial charge in [-0.3, -0.25) is 4.79 Å². The number of carbonyl (C=O) groups is 1. The highest BCUT2D eigenvalue weighted by Gasteiger charge is 2.38. The van der Waals surface area contributed by atoms with Gasteiger partial charge in [-0.2, -0.15) is 0 Å². The zero-order valence-corrected chi connectivity index (χ0v) is 7.75. The van der Waals surface area contributed by atoms with Gasteiger partial charge in [0.15, 0.2) is 5.60 Å². The normalized spacial score (nSPS) is 20.8. The van der Waals surface area contributed by atoms with Crippen LogP contribution in [0, 0.1) is 0 Å². The molecule has 1 aliphatic heterocycles. The van der Waals surface area contributed by atoms with Gasteiger partial charge in [-0.05, 0) is 27.7 Å². The lowest BCUT2D eigenvalue weighted by Crippen LogP contribution is -2.29. The van der Waals surface area contributed by atoms with Crippen LogP contribution in [0.1, 0.15) is 27.7 Å². The fourth-order valence-corrected chi connectivity index (χ4v) is 0.754. The molecule has 1 heterocycles. The molecule has 0 radical (unpaired) electrons. The van der Waals surface area contributed by atoms with Gasteiger partial charge in [0.05, 0.1) is 6.10 Å². The van der Waals surface area contributed by atoms with E-state index in [1.165, 1.54) is 0 Å². The quantitative estimate of drug-likeness (QED) is 0.593. The van der Waals surface area contributed by atoms with Crippen molar-refractivity contribution in [3.8, 4) is 0 Å². The fourth-order valence-electron chi connectivity index (χ4n) is 0.754. The summed E-state index contributed by atoms with van der Waals surface area (Å²) in [4.78, 5) is 14.7. The molecule has 12 heavy (non-hydrogen) atoms. The molecule has 1 rings (SSSR count). The van der Waals surface area contributed by atoms with E-state index in [1.54, 1.807) is 13.8 Å². The predicted octanol–water partition coefficient (Wildman–Crippen LogP) is 1.10. The van der Waals surface area contributed by atoms with Gasteiger partial charge in [0.1, 0.15) is 0 Å². The number of nitrogens with zero attached hydrogens (tertiary/aromatic N) is 1. The Bertz CT molecular complexity index is 230. The van der Waals surface area contributed by atoms with Crippen molar-refractivity contribution in [2.75, 3.05) is 0 Å². The largest absolute Gasteiger partial charge is 0.448 e. The second kappa shape index (κ2) is 2.77. The first-order valence-corrected chi connectivity index (χ1v) is 3.90. The van der Waals surface area contributed by atoms with E-state index in [1.807, 2.05) is 13.8 Å². The molecular weight excluding hydrogens is 158 g/mol. The summed E-state index contributed by atoms with van der Waals surface area (Å²) >= 11 is 0. The number of ether oxygens (including phenoxy) is 2. The fraction of sp³-hybridized carbons (Fsp3) is 0.750. The molecule has 4 nitrogen and oxygen atoms in total. The number of hydrogen-bond donors (Lipinski definition) is 0. The minimum absolute atomic E-state index is 0.0227. The van der Waals surface area contributed by atoms with Gasteiger partial charge in [-0.15, -0.1) is 4.99 Å². The van der Waals surface area contributed by atoms with Crippen molar-refractivity contribution in [2.45, 2.75) is 39.4 Å². The Kier molecular flexibility index (Phi) is 2.08. The second-order valence-electron chi connectivity index (χ2n) is 3.46. The molecule has 0 atom stereocenters. The molecular formula is C8H13NO3. The molecule has 0 aliphatic carbocycles. The highest BCUT2D eigenvalue weighted by atomic mass is 16.7. The smallest absolute Gasteiger partial charge is 0.392 e. The Morgan fingerprint density at radius 2 is 2.08 bits per heavy atom. The lowest BCUT2D eigenvalue weighted by Gasteiger charge is -2.15. The van der Waals surface area contributed by atoms with Gasteiger partial charge in [0, 0.05) is 0 Å². The summed E-state index contributed by atoms with van der Waals surface area (Å²) in [6, 6.07) is 0. The average molecular weight is 171 g/mol. The summed E-state index contributed by atoms with van der Waals surface area (Å²) in [7, 11) is 0. The molecule has 0 saturated carbocycles. The van der Waals surface area contributed by atoms with Crippen LogP contribution in [-0.4, -0.2) is 23.7 Å². The summed E-state index contributed by atoms with van der Waals surface area (Å²) in [5, 5.41) is 0. The Hall–Kier alpha value is -1.06. The van der Waals surface area contributed by atoms with Gasteiger partial charge in [0.25, 0.3) is 5.91 Å². The molecule has 0 N–H and O–H groups in total. The second-order valence-corrected chi connectivity index (χ2v) is 3.46. The van der Waals surface area contributed by atoms with Gasteiger partial charge < -0.3 is 9.47 Å². The van der Waals surface area contributed by atoms with Crippen molar-refractivity contribution in [3.63, 3.8) is 0 Å². The van der Waals surface area contributed by atoms with Crippen molar-refractivity contribution in [3.05, 3.63) is 0 Å². The highest BCUT2D eigenvalue weighted by Crippen LogP contribution is 2.19. The molecule has 1 aliphatic rings. The van der Waals surface area contributed by atoms with Gasteiger partial charge in [-0.1, -0.05) is 0 Å². The molecule has 0 aromatic rings. The van der Waals surface area contributed by atoms with E-state index in [9.17, 15) is 4.79 Å². The number of carbonyl (C=O) groups excluding carboxylic acids is 1. The molecule has 0 saturated heterocycles. The van der Waals surface area contributed by atoms with E-state index in [4.69, 9.17) is 9.47 Å². The number of aliphatic imine (C=N–C) groups is 1. The lowest BCUT2D eigenvalue weighted by atomic mass is 10.1. The van der Waals surface area contributed by atoms with Gasteiger partial charge in [-0.25, -0.2) is 0 Å². The van der Waals surface area contributed by atoms with Crippen LogP contribution in [0.2, 0.25) is 0 Å². The summed E-state index contributed by atoms with van der Waals surface area (Å²) in [5.41, 5.74) is -0.857. The van der Waals surface area contributed by atoms with Gasteiger partial charge >= 0.3 is 6.08 Å². The third kappa shape index (κ3) is 1.75. The molecule has 0 fully saturated rings. The standard InChI is InChI=1S/C8H13NO3/c1-5(2)11-7-9-6(10)8(3,4)12-7/h5H,1-4H3. The molecule has 68 valence electrons. The first-order chi connectivity index (χ1) is 5.42. The van der Waals surface area contributed by atoms with E-state index in [0.717, 1.165) is 0 Å². The summed E-state index contributed by atoms with van der Waals surface area (Å²) in [6.07, 6.45) is 0.0606. The molecule has 0 unspecified atom stereocenters. The minimum Gasteiger partial charge on any atom is -0.448 e. The van der Waals surface area contributed by atoms with Gasteiger partial charge in [0.2, 0.25) is 0 Å². The van der Waals surface area contributed by atoms with Crippen LogP contribution in [0.4, 0.5) is 0 Å². The summed E-state index contributed by atoms with van der Waals surface area (Å²) in [6.45, 7) is 7.02. The molecule has 0 aromatic heterocycles. The van der Waals surface area contributed by atoms with E-state index < -0.39 is 5.60 Å². The third-order valence-electron chi connectivity index (χ3n) is 1.39. The minimum atomic E-state index is -0.857.